The molecule has 2 N–H and O–H groups in total. The molecule has 2 aliphatic rings. The molecule has 0 fully saturated rings. The lowest BCUT2D eigenvalue weighted by atomic mass is 9.78. The maximum Gasteiger partial charge on any atom is 0.498 e. The smallest absolute Gasteiger partial charge is 0.492 e. The minimum Gasteiger partial charge on any atom is -0.492 e. The van der Waals surface area contributed by atoms with Gasteiger partial charge in [0.05, 0.1) is 12.7 Å². The molecule has 0 unspecified atom stereocenters. The molecule has 0 aliphatic carbocycles. The number of hydrogen-bond acceptors (Lipinski definition) is 4. The summed E-state index contributed by atoms with van der Waals surface area (Å²) >= 11 is 3.52. The zero-order valence-electron chi connectivity index (χ0n) is 9.02. The molecule has 0 saturated carbocycles. The average Bonchev–Trinajstić information content (AvgIpc) is 2.55. The average molecular weight is 320 g/mol. The topological polar surface area (TPSA) is 53.7 Å². The number of nitrogens with two attached hydrogens (primary N) is 1. The van der Waals surface area contributed by atoms with Crippen molar-refractivity contribution in [1.82, 2.24) is 0 Å². The van der Waals surface area contributed by atoms with Crippen molar-refractivity contribution in [2.45, 2.75) is 6.10 Å². The van der Waals surface area contributed by atoms with Crippen LogP contribution in [0.3, 0.4) is 0 Å². The molecule has 4 nitrogen and oxygen atoms in total. The number of rotatable bonds is 1. The zero-order valence-corrected chi connectivity index (χ0v) is 11.4. The van der Waals surface area contributed by atoms with Crippen LogP contribution in [0.4, 0.5) is 0 Å². The van der Waals surface area contributed by atoms with E-state index in [2.05, 4.69) is 15.9 Å². The molecule has 1 atom stereocenters. The molecule has 2 heterocycles. The predicted molar refractivity (Wildman–Crippen MR) is 71.1 cm³/mol. The number of halogens is 2. The Balaban J connectivity index is 0.00000108. The zero-order chi connectivity index (χ0) is 11.1. The van der Waals surface area contributed by atoms with Crippen molar-refractivity contribution >= 4 is 40.9 Å². The molecule has 2 aliphatic heterocycles. The van der Waals surface area contributed by atoms with Crippen LogP contribution in [0.25, 0.3) is 0 Å². The van der Waals surface area contributed by atoms with Gasteiger partial charge in [-0.3, -0.25) is 0 Å². The van der Waals surface area contributed by atoms with E-state index in [0.717, 1.165) is 21.2 Å². The molecule has 1 aromatic rings. The quantitative estimate of drug-likeness (QED) is 0.785. The normalized spacial score (nSPS) is 21.3. The Morgan fingerprint density at radius 2 is 2.24 bits per heavy atom. The van der Waals surface area contributed by atoms with Gasteiger partial charge in [0.2, 0.25) is 0 Å². The maximum atomic E-state index is 5.77. The molecule has 0 spiro atoms. The second-order valence-electron chi connectivity index (χ2n) is 3.78. The van der Waals surface area contributed by atoms with Crippen molar-refractivity contribution in [3.8, 4) is 5.75 Å². The Labute approximate surface area is 114 Å². The van der Waals surface area contributed by atoms with Crippen LogP contribution in [-0.4, -0.2) is 26.9 Å². The van der Waals surface area contributed by atoms with Gasteiger partial charge in [-0.15, -0.1) is 12.4 Å². The van der Waals surface area contributed by atoms with E-state index in [0.29, 0.717) is 19.8 Å². The fraction of sp³-hybridized carbons (Fsp3) is 0.400. The molecule has 1 aromatic carbocycles. The summed E-state index contributed by atoms with van der Waals surface area (Å²) in [4.78, 5) is 0. The van der Waals surface area contributed by atoms with Crippen LogP contribution in [0, 0.1) is 0 Å². The van der Waals surface area contributed by atoms with Crippen LogP contribution in [-0.2, 0) is 9.31 Å². The lowest BCUT2D eigenvalue weighted by molar-refractivity contribution is 0.147. The van der Waals surface area contributed by atoms with E-state index in [1.165, 1.54) is 0 Å². The van der Waals surface area contributed by atoms with E-state index < -0.39 is 0 Å². The van der Waals surface area contributed by atoms with E-state index in [1.54, 1.807) is 0 Å². The van der Waals surface area contributed by atoms with Crippen LogP contribution in [0.15, 0.2) is 16.6 Å². The van der Waals surface area contributed by atoms with E-state index in [-0.39, 0.29) is 25.6 Å². The Hall–Kier alpha value is -0.265. The van der Waals surface area contributed by atoms with E-state index >= 15 is 0 Å². The third-order valence-corrected chi connectivity index (χ3v) is 3.56. The molecule has 0 aromatic heterocycles. The van der Waals surface area contributed by atoms with Crippen molar-refractivity contribution in [2.24, 2.45) is 5.73 Å². The molecule has 0 bridgehead atoms. The number of ether oxygens (including phenoxy) is 1. The summed E-state index contributed by atoms with van der Waals surface area (Å²) in [6.07, 6.45) is -0.115. The van der Waals surface area contributed by atoms with Crippen LogP contribution in [0.1, 0.15) is 11.7 Å². The summed E-state index contributed by atoms with van der Waals surface area (Å²) in [6, 6.07) is 3.90. The molecule has 92 valence electrons. The molecular weight excluding hydrogens is 308 g/mol. The summed E-state index contributed by atoms with van der Waals surface area (Å²) in [7, 11) is -0.335. The second-order valence-corrected chi connectivity index (χ2v) is 4.64. The van der Waals surface area contributed by atoms with Crippen LogP contribution >= 0.6 is 28.3 Å². The van der Waals surface area contributed by atoms with E-state index in [4.69, 9.17) is 19.8 Å². The predicted octanol–water partition coefficient (Wildman–Crippen LogP) is 1.01. The van der Waals surface area contributed by atoms with Crippen LogP contribution in [0.2, 0.25) is 0 Å². The highest BCUT2D eigenvalue weighted by Gasteiger charge is 2.42. The van der Waals surface area contributed by atoms with Gasteiger partial charge in [-0.05, 0) is 17.7 Å². The van der Waals surface area contributed by atoms with Gasteiger partial charge in [0.25, 0.3) is 0 Å². The van der Waals surface area contributed by atoms with Gasteiger partial charge in [0.1, 0.15) is 12.4 Å². The number of hydrogen-bond donors (Lipinski definition) is 1. The summed E-state index contributed by atoms with van der Waals surface area (Å²) < 4.78 is 18.0. The first-order chi connectivity index (χ1) is 7.81. The van der Waals surface area contributed by atoms with Crippen molar-refractivity contribution in [2.75, 3.05) is 19.8 Å². The standard InChI is InChI=1S/C10H11BBrNO3.ClH/c12-6-1-2-7-10-9(6)8(5-13)16-11(10)15-4-3-14-7;/h1-2,8H,3-5,13H2;1H/t8-;/m0./s1. The second kappa shape index (κ2) is 5.16. The van der Waals surface area contributed by atoms with Gasteiger partial charge in [0, 0.05) is 16.5 Å². The van der Waals surface area contributed by atoms with Crippen LogP contribution < -0.4 is 15.9 Å². The Kier molecular flexibility index (Phi) is 4.00. The Bertz CT molecular complexity index is 434. The van der Waals surface area contributed by atoms with Gasteiger partial charge in [-0.1, -0.05) is 15.9 Å². The summed E-state index contributed by atoms with van der Waals surface area (Å²) in [5.74, 6) is 0.844. The van der Waals surface area contributed by atoms with Gasteiger partial charge in [-0.2, -0.15) is 0 Å². The minimum absolute atomic E-state index is 0. The van der Waals surface area contributed by atoms with Crippen molar-refractivity contribution in [3.05, 3.63) is 22.2 Å². The first-order valence-electron chi connectivity index (χ1n) is 5.23. The molecule has 7 heteroatoms. The highest BCUT2D eigenvalue weighted by Crippen LogP contribution is 2.34. The van der Waals surface area contributed by atoms with E-state index in [9.17, 15) is 0 Å². The fourth-order valence-corrected chi connectivity index (χ4v) is 2.78. The monoisotopic (exact) mass is 319 g/mol. The van der Waals surface area contributed by atoms with Crippen molar-refractivity contribution in [1.29, 1.82) is 0 Å². The third kappa shape index (κ3) is 2.08. The minimum atomic E-state index is -0.335. The highest BCUT2D eigenvalue weighted by atomic mass is 79.9. The molecule has 17 heavy (non-hydrogen) atoms. The Morgan fingerprint density at radius 1 is 1.41 bits per heavy atom. The molecule has 0 radical (unpaired) electrons. The van der Waals surface area contributed by atoms with Crippen molar-refractivity contribution < 1.29 is 14.0 Å². The van der Waals surface area contributed by atoms with Gasteiger partial charge < -0.3 is 19.8 Å². The first-order valence-corrected chi connectivity index (χ1v) is 6.03. The van der Waals surface area contributed by atoms with Gasteiger partial charge >= 0.3 is 7.12 Å². The summed E-state index contributed by atoms with van der Waals surface area (Å²) in [5, 5.41) is 0. The first kappa shape index (κ1) is 13.2. The molecular formula is C10H12BBrClNO3. The highest BCUT2D eigenvalue weighted by molar-refractivity contribution is 9.10. The summed E-state index contributed by atoms with van der Waals surface area (Å²) in [6.45, 7) is 1.53. The van der Waals surface area contributed by atoms with Crippen LogP contribution in [0.5, 0.6) is 5.75 Å². The third-order valence-electron chi connectivity index (χ3n) is 2.86. The lowest BCUT2D eigenvalue weighted by Crippen LogP contribution is -2.31. The van der Waals surface area contributed by atoms with E-state index in [1.807, 2.05) is 12.1 Å². The molecule has 0 amide bonds. The largest absolute Gasteiger partial charge is 0.498 e. The molecule has 3 rings (SSSR count). The Morgan fingerprint density at radius 3 is 3.00 bits per heavy atom. The van der Waals surface area contributed by atoms with Gasteiger partial charge in [-0.25, -0.2) is 0 Å². The lowest BCUT2D eigenvalue weighted by Gasteiger charge is -2.13. The number of benzene rings is 1. The fourth-order valence-electron chi connectivity index (χ4n) is 2.17. The van der Waals surface area contributed by atoms with Crippen molar-refractivity contribution in [3.63, 3.8) is 0 Å². The van der Waals surface area contributed by atoms with Gasteiger partial charge in [0.15, 0.2) is 0 Å². The maximum absolute atomic E-state index is 5.77. The summed E-state index contributed by atoms with van der Waals surface area (Å²) in [5.41, 5.74) is 7.75. The molecule has 0 saturated heterocycles. The SMILES string of the molecule is Cl.NC[C@@H]1OB2OCCOc3ccc(Br)c1c32.